The van der Waals surface area contributed by atoms with Crippen LogP contribution in [0.25, 0.3) is 33.3 Å². The predicted molar refractivity (Wildman–Crippen MR) is 277 cm³/mol. The second kappa shape index (κ2) is 21.8. The van der Waals surface area contributed by atoms with Crippen molar-refractivity contribution in [2.24, 2.45) is 17.3 Å². The van der Waals surface area contributed by atoms with Crippen LogP contribution in [0.4, 0.5) is 0 Å². The number of hydrogen-bond acceptors (Lipinski definition) is 11. The predicted octanol–water partition coefficient (Wildman–Crippen LogP) is 6.13. The average Bonchev–Trinajstić information content (AvgIpc) is 3.96. The molecule has 16 nitrogen and oxygen atoms in total. The van der Waals surface area contributed by atoms with Crippen LogP contribution in [-0.2, 0) is 52.8 Å². The molecular weight excluding hydrogens is 913 g/mol. The highest BCUT2D eigenvalue weighted by molar-refractivity contribution is 5.97. The number of cyclic esters (lactones) is 1. The lowest BCUT2D eigenvalue weighted by Crippen LogP contribution is -2.62. The quantitative estimate of drug-likeness (QED) is 0.123. The number of aromatic nitrogens is 2. The molecular formula is C56H74N8O8. The number of pyridine rings is 1. The van der Waals surface area contributed by atoms with Gasteiger partial charge in [-0.05, 0) is 138 Å². The van der Waals surface area contributed by atoms with Gasteiger partial charge in [0, 0.05) is 74.8 Å². The van der Waals surface area contributed by atoms with Crippen molar-refractivity contribution in [1.29, 1.82) is 0 Å². The summed E-state index contributed by atoms with van der Waals surface area (Å²) in [4.78, 5) is 80.6. The third kappa shape index (κ3) is 11.5. The average molecular weight is 987 g/mol. The topological polar surface area (TPSA) is 179 Å². The van der Waals surface area contributed by atoms with Crippen LogP contribution >= 0.6 is 0 Å². The number of amides is 4. The van der Waals surface area contributed by atoms with Crippen LogP contribution in [0.3, 0.4) is 0 Å². The second-order valence-corrected chi connectivity index (χ2v) is 21.6. The molecule has 4 aromatic rings. The Balaban J connectivity index is 1.25. The molecule has 0 spiro atoms. The van der Waals surface area contributed by atoms with E-state index in [9.17, 15) is 29.1 Å². The summed E-state index contributed by atoms with van der Waals surface area (Å²) in [5, 5.41) is 16.8. The summed E-state index contributed by atoms with van der Waals surface area (Å²) in [5.41, 5.74) is 8.99. The van der Waals surface area contributed by atoms with Gasteiger partial charge in [-0.1, -0.05) is 45.7 Å². The molecule has 16 heteroatoms. The Morgan fingerprint density at radius 1 is 1.04 bits per heavy atom. The highest BCUT2D eigenvalue weighted by Gasteiger charge is 2.40. The molecule has 0 unspecified atom stereocenters. The zero-order chi connectivity index (χ0) is 52.4. The van der Waals surface area contributed by atoms with Gasteiger partial charge in [0.2, 0.25) is 11.8 Å². The fourth-order valence-corrected chi connectivity index (χ4v) is 10.2. The minimum atomic E-state index is -1.18. The first-order valence-corrected chi connectivity index (χ1v) is 25.3. The summed E-state index contributed by atoms with van der Waals surface area (Å²) >= 11 is 0. The van der Waals surface area contributed by atoms with E-state index in [-0.39, 0.29) is 55.7 Å². The smallest absolute Gasteiger partial charge is 0.324 e. The molecule has 2 saturated heterocycles. The standard InChI is InChI=1S/C56H74N8O8/c1-13-63-46-19-18-37-30-42(46)43(50(63)41-16-14-23-57-48(41)35(4)71-12)31-55(5,6)33-72-54(70)44-17-15-24-64(59-44)53(69)45(28-36-26-39(37)29-40(65)27-36)58-51(67)49(34(2)3)61(11)52(68)38-21-25-62(32-38)47(66)20-22-56(7,8)60(9)10/h14,16,18-19,23,26-27,29-30,34-35,38,44-45,49,59,65H,13,15,17,21,24-25,28,31-33H2,1-12H3,(H,58,67)/t35-,38-,44-,45-,49-/m0/s1. The normalized spacial score (nSPS) is 20.4. The van der Waals surface area contributed by atoms with Gasteiger partial charge in [-0.15, -0.1) is 0 Å². The molecule has 72 heavy (non-hydrogen) atoms. The van der Waals surface area contributed by atoms with Gasteiger partial charge in [0.05, 0.1) is 35.6 Å². The number of methoxy groups -OCH3 is 1. The zero-order valence-corrected chi connectivity index (χ0v) is 44.2. The molecule has 0 aliphatic carbocycles. The lowest BCUT2D eigenvalue weighted by Gasteiger charge is -2.37. The van der Waals surface area contributed by atoms with Crippen LogP contribution in [0.5, 0.6) is 5.75 Å². The number of nitrogens with zero attached hydrogens (tertiary/aromatic N) is 6. The van der Waals surface area contributed by atoms with E-state index < -0.39 is 52.8 Å². The van der Waals surface area contributed by atoms with E-state index in [2.05, 4.69) is 66.1 Å². The molecule has 2 fully saturated rings. The van der Waals surface area contributed by atoms with Crippen molar-refractivity contribution in [2.45, 2.75) is 124 Å². The summed E-state index contributed by atoms with van der Waals surface area (Å²) in [6.07, 6.45) is 3.35. The van der Waals surface area contributed by atoms with Crippen LogP contribution in [0, 0.1) is 29.1 Å². The van der Waals surface area contributed by atoms with Crippen LogP contribution in [0.2, 0.25) is 0 Å². The molecule has 7 rings (SSSR count). The highest BCUT2D eigenvalue weighted by Crippen LogP contribution is 2.42. The maximum Gasteiger partial charge on any atom is 0.324 e. The highest BCUT2D eigenvalue weighted by atomic mass is 16.5. The van der Waals surface area contributed by atoms with E-state index in [1.54, 1.807) is 37.4 Å². The molecule has 2 aromatic heterocycles. The van der Waals surface area contributed by atoms with Crippen LogP contribution in [0.15, 0.2) is 54.7 Å². The number of aryl methyl sites for hydroxylation is 1. The van der Waals surface area contributed by atoms with E-state index in [1.807, 2.05) is 71.8 Å². The lowest BCUT2D eigenvalue weighted by molar-refractivity contribution is -0.155. The van der Waals surface area contributed by atoms with Gasteiger partial charge in [0.1, 0.15) is 23.9 Å². The zero-order valence-electron chi connectivity index (χ0n) is 44.2. The van der Waals surface area contributed by atoms with Crippen LogP contribution in [-0.4, -0.2) is 142 Å². The number of hydrogen-bond donors (Lipinski definition) is 3. The first-order valence-electron chi connectivity index (χ1n) is 25.3. The van der Waals surface area contributed by atoms with Crippen molar-refractivity contribution in [1.82, 2.24) is 40.0 Å². The summed E-state index contributed by atoms with van der Waals surface area (Å²) in [7, 11) is 7.04. The Labute approximate surface area is 424 Å². The molecule has 4 amide bonds. The lowest BCUT2D eigenvalue weighted by atomic mass is 9.84. The number of fused-ring (bicyclic) bond motifs is 6. The monoisotopic (exact) mass is 987 g/mol. The molecule has 3 N–H and O–H groups in total. The molecule has 386 valence electrons. The van der Waals surface area contributed by atoms with E-state index in [1.165, 1.54) is 9.91 Å². The number of rotatable bonds is 10. The van der Waals surface area contributed by atoms with E-state index in [0.717, 1.165) is 39.0 Å². The molecule has 0 saturated carbocycles. The number of likely N-dealkylation sites (tertiary alicyclic amines) is 1. The Hall–Kier alpha value is -6.28. The largest absolute Gasteiger partial charge is 0.508 e. The maximum atomic E-state index is 14.8. The fraction of sp³-hybridized carbons (Fsp3) is 0.536. The number of esters is 1. The first-order chi connectivity index (χ1) is 34.0. The number of carbonyl (C=O) groups excluding carboxylic acids is 5. The second-order valence-electron chi connectivity index (χ2n) is 21.6. The summed E-state index contributed by atoms with van der Waals surface area (Å²) < 4.78 is 14.2. The van der Waals surface area contributed by atoms with Crippen LogP contribution < -0.4 is 10.7 Å². The summed E-state index contributed by atoms with van der Waals surface area (Å²) in [6.45, 7) is 17.3. The Kier molecular flexibility index (Phi) is 16.2. The number of nitrogens with one attached hydrogen (secondary N) is 2. The maximum absolute atomic E-state index is 14.8. The van der Waals surface area contributed by atoms with Gasteiger partial charge in [-0.2, -0.15) is 0 Å². The molecule has 5 atom stereocenters. The number of likely N-dealkylation sites (N-methyl/N-ethyl adjacent to an activating group) is 1. The number of aromatic hydroxyl groups is 1. The SMILES string of the molecule is CCn1c(-c2cccnc2[C@H](C)OC)c2c3cc(ccc31)-c1cc(O)cc(c1)C[C@H](NC(=O)[C@H](C(C)C)N(C)C(=O)[C@H]1CCN(C(=O)C#CC(C)(C)N(C)C)C1)C(=O)N1CCC[C@H](N1)C(=O)OCC(C)(C)C2. The van der Waals surface area contributed by atoms with Crippen molar-refractivity contribution in [2.75, 3.05) is 54.5 Å². The molecule has 0 radical (unpaired) electrons. The molecule has 3 aliphatic rings. The van der Waals surface area contributed by atoms with Crippen molar-refractivity contribution in [3.05, 3.63) is 71.5 Å². The molecule has 5 heterocycles. The van der Waals surface area contributed by atoms with Gasteiger partial charge < -0.3 is 34.3 Å². The molecule has 3 aliphatic heterocycles. The third-order valence-corrected chi connectivity index (χ3v) is 14.8. The number of ether oxygens (including phenoxy) is 2. The van der Waals surface area contributed by atoms with Crippen molar-refractivity contribution >= 4 is 40.5 Å². The minimum Gasteiger partial charge on any atom is -0.508 e. The Bertz CT molecular complexity index is 2770. The van der Waals surface area contributed by atoms with Crippen molar-refractivity contribution < 1.29 is 38.6 Å². The minimum absolute atomic E-state index is 0.0166. The van der Waals surface area contributed by atoms with E-state index in [0.29, 0.717) is 49.9 Å². The first kappa shape index (κ1) is 53.5. The number of carbonyl (C=O) groups is 5. The number of phenolic OH excluding ortho intramolecular Hbond substituents is 1. The van der Waals surface area contributed by atoms with Crippen LogP contribution in [0.1, 0.15) is 97.6 Å². The fourth-order valence-electron chi connectivity index (χ4n) is 10.2. The van der Waals surface area contributed by atoms with Gasteiger partial charge in [0.25, 0.3) is 11.8 Å². The van der Waals surface area contributed by atoms with Crippen molar-refractivity contribution in [3.8, 4) is 40.0 Å². The Morgan fingerprint density at radius 3 is 2.49 bits per heavy atom. The van der Waals surface area contributed by atoms with E-state index in [4.69, 9.17) is 14.5 Å². The van der Waals surface area contributed by atoms with Crippen molar-refractivity contribution in [3.63, 3.8) is 0 Å². The third-order valence-electron chi connectivity index (χ3n) is 14.8. The van der Waals surface area contributed by atoms with Gasteiger partial charge >= 0.3 is 5.97 Å². The van der Waals surface area contributed by atoms with E-state index >= 15 is 0 Å². The summed E-state index contributed by atoms with van der Waals surface area (Å²) in [6, 6.07) is 12.5. The van der Waals surface area contributed by atoms with Gasteiger partial charge in [-0.3, -0.25) is 38.9 Å². The molecule has 2 aromatic carbocycles. The number of hydrazine groups is 1. The Morgan fingerprint density at radius 2 is 1.79 bits per heavy atom. The number of benzene rings is 2. The number of phenols is 1. The van der Waals surface area contributed by atoms with Gasteiger partial charge in [-0.25, -0.2) is 5.43 Å². The van der Waals surface area contributed by atoms with Gasteiger partial charge in [0.15, 0.2) is 0 Å². The molecule has 6 bridgehead atoms. The summed E-state index contributed by atoms with van der Waals surface area (Å²) in [5.74, 6) is 2.71.